The predicted octanol–water partition coefficient (Wildman–Crippen LogP) is 3.01. The van der Waals surface area contributed by atoms with Crippen LogP contribution in [0.4, 0.5) is 4.39 Å². The third-order valence-corrected chi connectivity index (χ3v) is 5.87. The molecule has 25 heavy (non-hydrogen) atoms. The summed E-state index contributed by atoms with van der Waals surface area (Å²) < 4.78 is 39.6. The van der Waals surface area contributed by atoms with Crippen LogP contribution in [-0.2, 0) is 16.4 Å². The second-order valence-corrected chi connectivity index (χ2v) is 8.42. The molecule has 0 unspecified atom stereocenters. The Labute approximate surface area is 148 Å². The van der Waals surface area contributed by atoms with Crippen LogP contribution in [0.5, 0.6) is 0 Å². The van der Waals surface area contributed by atoms with Crippen molar-refractivity contribution >= 4 is 37.3 Å². The van der Waals surface area contributed by atoms with Gasteiger partial charge >= 0.3 is 0 Å². The molecule has 8 heteroatoms. The number of carbonyl (C=O) groups excluding carboxylic acids is 1. The van der Waals surface area contributed by atoms with E-state index in [9.17, 15) is 17.6 Å². The summed E-state index contributed by atoms with van der Waals surface area (Å²) >= 11 is 1.19. The number of hydrogen-bond donors (Lipinski definition) is 0. The van der Waals surface area contributed by atoms with Crippen LogP contribution in [0.2, 0.25) is 0 Å². The van der Waals surface area contributed by atoms with Crippen LogP contribution in [0.1, 0.15) is 17.3 Å². The van der Waals surface area contributed by atoms with Crippen LogP contribution in [0, 0.1) is 5.82 Å². The summed E-state index contributed by atoms with van der Waals surface area (Å²) in [4.78, 5) is 17.0. The number of thiazole rings is 1. The molecule has 0 spiro atoms. The standard InChI is InChI=1S/C17H15FN2O3S2/c1-3-20-13-9-8-11(18)10-14(13)24-17(20)19-16(21)12-6-4-5-7-15(12)25(2,22)23/h4-10H,3H2,1-2H3. The highest BCUT2D eigenvalue weighted by Crippen LogP contribution is 2.20. The van der Waals surface area contributed by atoms with Crippen LogP contribution in [0.3, 0.4) is 0 Å². The van der Waals surface area contributed by atoms with Gasteiger partial charge in [-0.2, -0.15) is 4.99 Å². The van der Waals surface area contributed by atoms with Gasteiger partial charge in [0.05, 0.1) is 20.7 Å². The molecular weight excluding hydrogens is 363 g/mol. The quantitative estimate of drug-likeness (QED) is 0.704. The van der Waals surface area contributed by atoms with Gasteiger partial charge in [0.2, 0.25) is 0 Å². The average Bonchev–Trinajstić information content (AvgIpc) is 2.89. The summed E-state index contributed by atoms with van der Waals surface area (Å²) in [5, 5.41) is 0. The van der Waals surface area contributed by atoms with Crippen molar-refractivity contribution in [2.24, 2.45) is 4.99 Å². The lowest BCUT2D eigenvalue weighted by molar-refractivity contribution is 0.0994. The monoisotopic (exact) mass is 378 g/mol. The molecule has 0 aliphatic heterocycles. The lowest BCUT2D eigenvalue weighted by atomic mass is 10.2. The van der Waals surface area contributed by atoms with Gasteiger partial charge in [-0.1, -0.05) is 23.5 Å². The largest absolute Gasteiger partial charge is 0.317 e. The lowest BCUT2D eigenvalue weighted by Gasteiger charge is -2.04. The van der Waals surface area contributed by atoms with Gasteiger partial charge in [0.1, 0.15) is 5.82 Å². The number of hydrogen-bond acceptors (Lipinski definition) is 4. The van der Waals surface area contributed by atoms with Crippen LogP contribution in [-0.4, -0.2) is 25.1 Å². The second-order valence-electron chi connectivity index (χ2n) is 5.43. The van der Waals surface area contributed by atoms with Crippen LogP contribution in [0.25, 0.3) is 10.2 Å². The van der Waals surface area contributed by atoms with Crippen molar-refractivity contribution in [3.05, 3.63) is 58.6 Å². The van der Waals surface area contributed by atoms with Gasteiger partial charge in [0.25, 0.3) is 5.91 Å². The highest BCUT2D eigenvalue weighted by Gasteiger charge is 2.18. The van der Waals surface area contributed by atoms with Gasteiger partial charge in [-0.15, -0.1) is 0 Å². The minimum absolute atomic E-state index is 0.0243. The zero-order valence-electron chi connectivity index (χ0n) is 13.6. The van der Waals surface area contributed by atoms with Gasteiger partial charge < -0.3 is 4.57 Å². The van der Waals surface area contributed by atoms with Crippen molar-refractivity contribution < 1.29 is 17.6 Å². The van der Waals surface area contributed by atoms with E-state index in [0.717, 1.165) is 11.8 Å². The Bertz CT molecular complexity index is 1140. The van der Waals surface area contributed by atoms with E-state index in [-0.39, 0.29) is 16.3 Å². The summed E-state index contributed by atoms with van der Waals surface area (Å²) in [6, 6.07) is 10.3. The first-order valence-electron chi connectivity index (χ1n) is 7.48. The van der Waals surface area contributed by atoms with Crippen LogP contribution < -0.4 is 4.80 Å². The number of aromatic nitrogens is 1. The predicted molar refractivity (Wildman–Crippen MR) is 94.9 cm³/mol. The molecule has 0 saturated heterocycles. The normalized spacial score (nSPS) is 12.7. The molecule has 0 atom stereocenters. The van der Waals surface area contributed by atoms with Gasteiger partial charge in [-0.3, -0.25) is 4.79 Å². The van der Waals surface area contributed by atoms with Crippen molar-refractivity contribution in [2.45, 2.75) is 18.4 Å². The first-order chi connectivity index (χ1) is 11.8. The summed E-state index contributed by atoms with van der Waals surface area (Å²) in [5.41, 5.74) is 0.799. The number of carbonyl (C=O) groups is 1. The number of nitrogens with zero attached hydrogens (tertiary/aromatic N) is 2. The molecule has 0 saturated carbocycles. The van der Waals surface area contributed by atoms with E-state index in [1.165, 1.54) is 35.6 Å². The SMILES string of the molecule is CCn1c(=NC(=O)c2ccccc2S(C)(=O)=O)sc2cc(F)ccc21. The van der Waals surface area contributed by atoms with Crippen molar-refractivity contribution in [1.82, 2.24) is 4.57 Å². The van der Waals surface area contributed by atoms with Crippen LogP contribution in [0.15, 0.2) is 52.4 Å². The molecule has 0 radical (unpaired) electrons. The summed E-state index contributed by atoms with van der Waals surface area (Å²) in [5.74, 6) is -1.01. The average molecular weight is 378 g/mol. The number of rotatable bonds is 3. The Morgan fingerprint density at radius 1 is 1.24 bits per heavy atom. The number of sulfone groups is 1. The maximum atomic E-state index is 13.4. The van der Waals surface area contributed by atoms with Crippen molar-refractivity contribution in [2.75, 3.05) is 6.26 Å². The summed E-state index contributed by atoms with van der Waals surface area (Å²) in [6.07, 6.45) is 1.05. The maximum Gasteiger partial charge on any atom is 0.280 e. The Hall–Kier alpha value is -2.32. The van der Waals surface area contributed by atoms with Gasteiger partial charge in [-0.25, -0.2) is 12.8 Å². The first kappa shape index (κ1) is 17.5. The zero-order chi connectivity index (χ0) is 18.2. The number of benzene rings is 2. The second kappa shape index (κ2) is 6.53. The summed E-state index contributed by atoms with van der Waals surface area (Å²) in [6.45, 7) is 2.44. The van der Waals surface area contributed by atoms with E-state index in [4.69, 9.17) is 0 Å². The Balaban J connectivity index is 2.20. The maximum absolute atomic E-state index is 13.4. The Kier molecular flexibility index (Phi) is 4.57. The molecule has 130 valence electrons. The molecule has 3 rings (SSSR count). The lowest BCUT2D eigenvalue weighted by Crippen LogP contribution is -2.17. The van der Waals surface area contributed by atoms with Crippen LogP contribution >= 0.6 is 11.3 Å². The third-order valence-electron chi connectivity index (χ3n) is 3.68. The topological polar surface area (TPSA) is 68.5 Å². The van der Waals surface area contributed by atoms with Crippen molar-refractivity contribution in [3.8, 4) is 0 Å². The molecule has 1 aromatic heterocycles. The Morgan fingerprint density at radius 3 is 2.64 bits per heavy atom. The fraction of sp³-hybridized carbons (Fsp3) is 0.176. The summed E-state index contributed by atoms with van der Waals surface area (Å²) in [7, 11) is -3.55. The third kappa shape index (κ3) is 3.40. The van der Waals surface area contributed by atoms with Gasteiger partial charge in [0, 0.05) is 12.8 Å². The van der Waals surface area contributed by atoms with E-state index in [0.29, 0.717) is 16.0 Å². The minimum atomic E-state index is -3.55. The van der Waals surface area contributed by atoms with E-state index >= 15 is 0 Å². The molecular formula is C17H15FN2O3S2. The molecule has 0 aliphatic carbocycles. The molecule has 5 nitrogen and oxygen atoms in total. The molecule has 1 heterocycles. The van der Waals surface area contributed by atoms with Crippen molar-refractivity contribution in [1.29, 1.82) is 0 Å². The van der Waals surface area contributed by atoms with E-state index < -0.39 is 15.7 Å². The number of halogens is 1. The van der Waals surface area contributed by atoms with E-state index in [2.05, 4.69) is 4.99 Å². The van der Waals surface area contributed by atoms with E-state index in [1.54, 1.807) is 22.8 Å². The molecule has 2 aromatic carbocycles. The number of aryl methyl sites for hydroxylation is 1. The Morgan fingerprint density at radius 2 is 1.96 bits per heavy atom. The smallest absolute Gasteiger partial charge is 0.280 e. The minimum Gasteiger partial charge on any atom is -0.317 e. The molecule has 3 aromatic rings. The van der Waals surface area contributed by atoms with Gasteiger partial charge in [-0.05, 0) is 37.3 Å². The number of amides is 1. The molecule has 1 amide bonds. The fourth-order valence-electron chi connectivity index (χ4n) is 2.55. The fourth-order valence-corrected chi connectivity index (χ4v) is 4.55. The molecule has 0 fully saturated rings. The van der Waals surface area contributed by atoms with Gasteiger partial charge in [0.15, 0.2) is 14.6 Å². The number of fused-ring (bicyclic) bond motifs is 1. The highest BCUT2D eigenvalue weighted by molar-refractivity contribution is 7.90. The molecule has 0 N–H and O–H groups in total. The van der Waals surface area contributed by atoms with Crippen molar-refractivity contribution in [3.63, 3.8) is 0 Å². The molecule has 0 bridgehead atoms. The zero-order valence-corrected chi connectivity index (χ0v) is 15.2. The van der Waals surface area contributed by atoms with E-state index in [1.807, 2.05) is 6.92 Å². The highest BCUT2D eigenvalue weighted by atomic mass is 32.2. The first-order valence-corrected chi connectivity index (χ1v) is 10.2. The molecule has 0 aliphatic rings.